The van der Waals surface area contributed by atoms with Gasteiger partial charge in [0.25, 0.3) is 0 Å². The number of amides is 2. The number of rotatable bonds is 8. The van der Waals surface area contributed by atoms with Crippen molar-refractivity contribution in [3.05, 3.63) is 60.2 Å². The Bertz CT molecular complexity index is 898. The normalized spacial score (nSPS) is 17.7. The SMILES string of the molecule is COC(CN1C(=O)C(CC(=O)Nc2ccc(C)cc2)SC1=Nc1ccccc1)OC. The van der Waals surface area contributed by atoms with E-state index in [0.29, 0.717) is 10.9 Å². The molecule has 1 atom stereocenters. The molecule has 0 aromatic heterocycles. The van der Waals surface area contributed by atoms with Crippen LogP contribution in [0, 0.1) is 6.92 Å². The van der Waals surface area contributed by atoms with Gasteiger partial charge in [0.2, 0.25) is 11.8 Å². The number of carbonyl (C=O) groups is 2. The van der Waals surface area contributed by atoms with Crippen LogP contribution in [0.3, 0.4) is 0 Å². The van der Waals surface area contributed by atoms with Crippen molar-refractivity contribution >= 4 is 40.1 Å². The van der Waals surface area contributed by atoms with Gasteiger partial charge in [-0.2, -0.15) is 0 Å². The summed E-state index contributed by atoms with van der Waals surface area (Å²) in [5.74, 6) is -0.409. The lowest BCUT2D eigenvalue weighted by Gasteiger charge is -2.21. The fraction of sp³-hybridized carbons (Fsp3) is 0.318. The molecule has 0 aliphatic carbocycles. The number of methoxy groups -OCH3 is 2. The minimum absolute atomic E-state index is 0.0479. The maximum Gasteiger partial charge on any atom is 0.242 e. The molecule has 1 aliphatic heterocycles. The van der Waals surface area contributed by atoms with Gasteiger partial charge in [0.15, 0.2) is 11.5 Å². The molecule has 3 rings (SSSR count). The van der Waals surface area contributed by atoms with Crippen molar-refractivity contribution in [2.24, 2.45) is 4.99 Å². The predicted octanol–water partition coefficient (Wildman–Crippen LogP) is 3.57. The largest absolute Gasteiger partial charge is 0.354 e. The molecule has 1 heterocycles. The van der Waals surface area contributed by atoms with Gasteiger partial charge in [0.05, 0.1) is 12.2 Å². The Balaban J connectivity index is 1.75. The van der Waals surface area contributed by atoms with Crippen LogP contribution in [-0.2, 0) is 19.1 Å². The summed E-state index contributed by atoms with van der Waals surface area (Å²) in [6.45, 7) is 2.18. The minimum Gasteiger partial charge on any atom is -0.354 e. The van der Waals surface area contributed by atoms with E-state index in [1.54, 1.807) is 0 Å². The van der Waals surface area contributed by atoms with Crippen LogP contribution < -0.4 is 5.32 Å². The van der Waals surface area contributed by atoms with E-state index < -0.39 is 11.5 Å². The van der Waals surface area contributed by atoms with E-state index in [1.165, 1.54) is 30.9 Å². The molecule has 1 aliphatic rings. The third-order valence-corrected chi connectivity index (χ3v) is 5.74. The van der Waals surface area contributed by atoms with E-state index in [0.717, 1.165) is 11.3 Å². The zero-order chi connectivity index (χ0) is 21.5. The van der Waals surface area contributed by atoms with Gasteiger partial charge < -0.3 is 14.8 Å². The van der Waals surface area contributed by atoms with E-state index >= 15 is 0 Å². The van der Waals surface area contributed by atoms with Gasteiger partial charge in [-0.1, -0.05) is 47.7 Å². The van der Waals surface area contributed by atoms with Crippen molar-refractivity contribution < 1.29 is 19.1 Å². The van der Waals surface area contributed by atoms with Crippen molar-refractivity contribution in [1.29, 1.82) is 0 Å². The molecule has 1 unspecified atom stereocenters. The molecule has 2 aromatic carbocycles. The van der Waals surface area contributed by atoms with E-state index in [1.807, 2.05) is 61.5 Å². The van der Waals surface area contributed by atoms with Crippen LogP contribution >= 0.6 is 11.8 Å². The number of ether oxygens (including phenoxy) is 2. The molecule has 1 N–H and O–H groups in total. The minimum atomic E-state index is -0.587. The highest BCUT2D eigenvalue weighted by Crippen LogP contribution is 2.32. The Kier molecular flexibility index (Phi) is 7.62. The predicted molar refractivity (Wildman–Crippen MR) is 119 cm³/mol. The molecular formula is C22H25N3O4S. The van der Waals surface area contributed by atoms with Crippen LogP contribution in [0.1, 0.15) is 12.0 Å². The molecule has 0 bridgehead atoms. The molecule has 30 heavy (non-hydrogen) atoms. The standard InChI is InChI=1S/C22H25N3O4S/c1-15-9-11-17(12-10-15)23-19(26)13-18-21(27)25(14-20(28-2)29-3)22(30-18)24-16-7-5-4-6-8-16/h4-12,18,20H,13-14H2,1-3H3,(H,23,26). The fourth-order valence-corrected chi connectivity index (χ4v) is 4.08. The zero-order valence-electron chi connectivity index (χ0n) is 17.2. The van der Waals surface area contributed by atoms with Crippen LogP contribution in [0.25, 0.3) is 0 Å². The third kappa shape index (κ3) is 5.69. The number of aliphatic imine (C=N–C) groups is 1. The average Bonchev–Trinajstić information content (AvgIpc) is 3.02. The summed E-state index contributed by atoms with van der Waals surface area (Å²) < 4.78 is 10.5. The molecular weight excluding hydrogens is 402 g/mol. The van der Waals surface area contributed by atoms with Crippen molar-refractivity contribution in [1.82, 2.24) is 4.90 Å². The second-order valence-electron chi connectivity index (χ2n) is 6.80. The molecule has 1 fully saturated rings. The first kappa shape index (κ1) is 22.0. The average molecular weight is 428 g/mol. The van der Waals surface area contributed by atoms with E-state index in [-0.39, 0.29) is 24.8 Å². The first-order chi connectivity index (χ1) is 14.5. The first-order valence-electron chi connectivity index (χ1n) is 9.54. The van der Waals surface area contributed by atoms with Crippen LogP contribution in [-0.4, -0.2) is 54.2 Å². The van der Waals surface area contributed by atoms with Gasteiger partial charge in [-0.25, -0.2) is 4.99 Å². The number of hydrogen-bond acceptors (Lipinski definition) is 6. The summed E-state index contributed by atoms with van der Waals surface area (Å²) in [6.07, 6.45) is -0.539. The maximum atomic E-state index is 13.0. The van der Waals surface area contributed by atoms with Crippen molar-refractivity contribution in [2.75, 3.05) is 26.1 Å². The second kappa shape index (κ2) is 10.4. The summed E-state index contributed by atoms with van der Waals surface area (Å²) in [4.78, 5) is 31.7. The molecule has 2 aromatic rings. The summed E-state index contributed by atoms with van der Waals surface area (Å²) >= 11 is 1.28. The molecule has 0 saturated carbocycles. The number of nitrogens with one attached hydrogen (secondary N) is 1. The number of para-hydroxylation sites is 1. The molecule has 1 saturated heterocycles. The van der Waals surface area contributed by atoms with E-state index in [2.05, 4.69) is 10.3 Å². The number of thioether (sulfide) groups is 1. The van der Waals surface area contributed by atoms with Gasteiger partial charge in [-0.3, -0.25) is 14.5 Å². The second-order valence-corrected chi connectivity index (χ2v) is 7.97. The molecule has 158 valence electrons. The van der Waals surface area contributed by atoms with Crippen molar-refractivity contribution in [3.63, 3.8) is 0 Å². The first-order valence-corrected chi connectivity index (χ1v) is 10.4. The molecule has 0 spiro atoms. The van der Waals surface area contributed by atoms with E-state index in [9.17, 15) is 9.59 Å². The summed E-state index contributed by atoms with van der Waals surface area (Å²) in [5, 5.41) is 2.81. The van der Waals surface area contributed by atoms with Crippen LogP contribution in [0.2, 0.25) is 0 Å². The Labute approximate surface area is 180 Å². The third-order valence-electron chi connectivity index (χ3n) is 4.56. The van der Waals surface area contributed by atoms with Crippen LogP contribution in [0.4, 0.5) is 11.4 Å². The smallest absolute Gasteiger partial charge is 0.242 e. The number of hydrogen-bond donors (Lipinski definition) is 1. The summed E-state index contributed by atoms with van der Waals surface area (Å²) in [7, 11) is 3.03. The highest BCUT2D eigenvalue weighted by molar-refractivity contribution is 8.15. The number of aryl methyl sites for hydroxylation is 1. The number of carbonyl (C=O) groups excluding carboxylic acids is 2. The molecule has 7 nitrogen and oxygen atoms in total. The van der Waals surface area contributed by atoms with E-state index in [4.69, 9.17) is 9.47 Å². The van der Waals surface area contributed by atoms with Crippen LogP contribution in [0.15, 0.2) is 59.6 Å². The topological polar surface area (TPSA) is 80.2 Å². The number of anilines is 1. The Hall–Kier alpha value is -2.68. The lowest BCUT2D eigenvalue weighted by atomic mass is 10.2. The highest BCUT2D eigenvalue weighted by Gasteiger charge is 2.40. The molecule has 2 amide bonds. The lowest BCUT2D eigenvalue weighted by Crippen LogP contribution is -2.40. The summed E-state index contributed by atoms with van der Waals surface area (Å²) in [5.41, 5.74) is 2.54. The Morgan fingerprint density at radius 2 is 1.80 bits per heavy atom. The van der Waals surface area contributed by atoms with Gasteiger partial charge in [0, 0.05) is 26.3 Å². The van der Waals surface area contributed by atoms with Crippen LogP contribution in [0.5, 0.6) is 0 Å². The number of nitrogens with zero attached hydrogens (tertiary/aromatic N) is 2. The molecule has 0 radical (unpaired) electrons. The van der Waals surface area contributed by atoms with Gasteiger partial charge in [-0.05, 0) is 31.2 Å². The maximum absolute atomic E-state index is 13.0. The Morgan fingerprint density at radius 1 is 1.13 bits per heavy atom. The molecule has 8 heteroatoms. The lowest BCUT2D eigenvalue weighted by molar-refractivity contribution is -0.138. The highest BCUT2D eigenvalue weighted by atomic mass is 32.2. The van der Waals surface area contributed by atoms with Crippen molar-refractivity contribution in [2.45, 2.75) is 24.9 Å². The van der Waals surface area contributed by atoms with Gasteiger partial charge in [0.1, 0.15) is 5.25 Å². The Morgan fingerprint density at radius 3 is 2.43 bits per heavy atom. The number of benzene rings is 2. The monoisotopic (exact) mass is 427 g/mol. The quantitative estimate of drug-likeness (QED) is 0.652. The summed E-state index contributed by atoms with van der Waals surface area (Å²) in [6, 6.07) is 16.9. The number of amidine groups is 1. The fourth-order valence-electron chi connectivity index (χ4n) is 2.92. The van der Waals surface area contributed by atoms with Gasteiger partial charge in [-0.15, -0.1) is 0 Å². The van der Waals surface area contributed by atoms with Crippen molar-refractivity contribution in [3.8, 4) is 0 Å². The van der Waals surface area contributed by atoms with Gasteiger partial charge >= 0.3 is 0 Å². The zero-order valence-corrected chi connectivity index (χ0v) is 18.0.